The predicted molar refractivity (Wildman–Crippen MR) is 86.5 cm³/mol. The van der Waals surface area contributed by atoms with E-state index in [0.717, 1.165) is 37.8 Å². The van der Waals surface area contributed by atoms with Crippen LogP contribution in [0.4, 0.5) is 22.0 Å². The number of hydrogen-bond acceptors (Lipinski definition) is 1. The molecule has 27 heavy (non-hydrogen) atoms. The molecule has 0 bridgehead atoms. The van der Waals surface area contributed by atoms with Crippen molar-refractivity contribution >= 4 is 0 Å². The maximum Gasteiger partial charge on any atom is 0.427 e. The zero-order chi connectivity index (χ0) is 18.9. The minimum atomic E-state index is -4.07. The Morgan fingerprint density at radius 3 is 2.11 bits per heavy atom. The van der Waals surface area contributed by atoms with Gasteiger partial charge in [0.05, 0.1) is 5.56 Å². The SMILES string of the molecule is CC1CCC(c2ccc(C(F)(F)Oc3cc(F)[c-]c(F)c3)c(F)c2)CC1.[Y]. The molecule has 0 amide bonds. The summed E-state index contributed by atoms with van der Waals surface area (Å²) < 4.78 is 73.4. The Morgan fingerprint density at radius 1 is 0.963 bits per heavy atom. The monoisotopic (exact) mass is 458 g/mol. The quantitative estimate of drug-likeness (QED) is 0.385. The summed E-state index contributed by atoms with van der Waals surface area (Å²) in [6, 6.07) is 6.34. The molecule has 1 nitrogen and oxygen atoms in total. The average molecular weight is 458 g/mol. The van der Waals surface area contributed by atoms with Crippen LogP contribution in [0.3, 0.4) is 0 Å². The molecular weight excluding hydrogens is 440 g/mol. The Hall–Kier alpha value is -1.01. The molecule has 2 aromatic carbocycles. The van der Waals surface area contributed by atoms with E-state index in [1.807, 2.05) is 0 Å². The van der Waals surface area contributed by atoms with Gasteiger partial charge in [-0.15, -0.1) is 6.07 Å². The van der Waals surface area contributed by atoms with Crippen molar-refractivity contribution < 1.29 is 59.4 Å². The summed E-state index contributed by atoms with van der Waals surface area (Å²) in [7, 11) is 0. The summed E-state index contributed by atoms with van der Waals surface area (Å²) in [5.74, 6) is -3.44. The molecule has 0 saturated heterocycles. The van der Waals surface area contributed by atoms with Crippen molar-refractivity contribution in [2.45, 2.75) is 44.6 Å². The summed E-state index contributed by atoms with van der Waals surface area (Å²) in [5, 5.41) is 0. The zero-order valence-electron chi connectivity index (χ0n) is 14.7. The van der Waals surface area contributed by atoms with Gasteiger partial charge in [0.1, 0.15) is 5.82 Å². The van der Waals surface area contributed by atoms with E-state index in [9.17, 15) is 22.0 Å². The maximum absolute atomic E-state index is 14.3. The Morgan fingerprint density at radius 2 is 1.56 bits per heavy atom. The molecule has 1 fully saturated rings. The van der Waals surface area contributed by atoms with Crippen LogP contribution in [0.2, 0.25) is 0 Å². The molecule has 2 aromatic rings. The van der Waals surface area contributed by atoms with E-state index in [2.05, 4.69) is 11.7 Å². The third-order valence-electron chi connectivity index (χ3n) is 4.82. The van der Waals surface area contributed by atoms with E-state index < -0.39 is 34.9 Å². The Bertz CT molecular complexity index is 768. The first-order valence-electron chi connectivity index (χ1n) is 8.49. The molecule has 143 valence electrons. The van der Waals surface area contributed by atoms with Crippen LogP contribution in [-0.4, -0.2) is 0 Å². The first kappa shape index (κ1) is 22.3. The average Bonchev–Trinajstić information content (AvgIpc) is 2.53. The number of benzene rings is 2. The topological polar surface area (TPSA) is 9.23 Å². The fraction of sp³-hybridized carbons (Fsp3) is 0.400. The minimum Gasteiger partial charge on any atom is -0.455 e. The van der Waals surface area contributed by atoms with Crippen molar-refractivity contribution in [3.05, 3.63) is 65.0 Å². The molecule has 3 rings (SSSR count). The molecule has 1 aliphatic rings. The van der Waals surface area contributed by atoms with Crippen LogP contribution in [0.5, 0.6) is 5.75 Å². The predicted octanol–water partition coefficient (Wildman–Crippen LogP) is 6.32. The second-order valence-electron chi connectivity index (χ2n) is 6.83. The molecule has 1 aliphatic carbocycles. The molecule has 1 saturated carbocycles. The van der Waals surface area contributed by atoms with Crippen LogP contribution in [0.1, 0.15) is 49.7 Å². The van der Waals surface area contributed by atoms with Gasteiger partial charge in [0, 0.05) is 50.1 Å². The maximum atomic E-state index is 14.3. The normalized spacial score (nSPS) is 20.1. The van der Waals surface area contributed by atoms with E-state index in [4.69, 9.17) is 0 Å². The number of ether oxygens (including phenoxy) is 1. The summed E-state index contributed by atoms with van der Waals surface area (Å²) >= 11 is 0. The fourth-order valence-corrected chi connectivity index (χ4v) is 3.35. The molecule has 0 spiro atoms. The summed E-state index contributed by atoms with van der Waals surface area (Å²) in [5.41, 5.74) is -0.292. The zero-order valence-corrected chi connectivity index (χ0v) is 17.6. The molecule has 0 heterocycles. The summed E-state index contributed by atoms with van der Waals surface area (Å²) in [4.78, 5) is 0. The van der Waals surface area contributed by atoms with Crippen LogP contribution >= 0.6 is 0 Å². The first-order chi connectivity index (χ1) is 12.2. The minimum absolute atomic E-state index is 0. The van der Waals surface area contributed by atoms with Crippen LogP contribution in [0.15, 0.2) is 30.3 Å². The summed E-state index contributed by atoms with van der Waals surface area (Å²) in [6.07, 6.45) is -0.229. The van der Waals surface area contributed by atoms with E-state index in [0.29, 0.717) is 23.6 Å². The van der Waals surface area contributed by atoms with E-state index >= 15 is 0 Å². The molecule has 0 unspecified atom stereocenters. The number of hydrogen-bond donors (Lipinski definition) is 0. The molecule has 1 radical (unpaired) electrons. The van der Waals surface area contributed by atoms with Crippen LogP contribution < -0.4 is 4.74 Å². The van der Waals surface area contributed by atoms with Gasteiger partial charge in [-0.2, -0.15) is 8.78 Å². The summed E-state index contributed by atoms with van der Waals surface area (Å²) in [6.45, 7) is 2.16. The van der Waals surface area contributed by atoms with Crippen molar-refractivity contribution in [1.29, 1.82) is 0 Å². The van der Waals surface area contributed by atoms with Crippen molar-refractivity contribution in [2.24, 2.45) is 5.92 Å². The Balaban J connectivity index is 0.00000261. The van der Waals surface area contributed by atoms with Crippen molar-refractivity contribution in [3.63, 3.8) is 0 Å². The van der Waals surface area contributed by atoms with Crippen molar-refractivity contribution in [3.8, 4) is 5.75 Å². The number of rotatable bonds is 4. The van der Waals surface area contributed by atoms with Gasteiger partial charge in [0.25, 0.3) is 0 Å². The standard InChI is InChI=1S/C20H18F5O.Y/c1-12-2-4-13(5-3-12)14-6-7-18(19(23)8-14)20(24,25)26-17-10-15(21)9-16(22)11-17;/h6-8,10-13H,2-5H2,1H3;/q-1;. The third-order valence-corrected chi connectivity index (χ3v) is 4.82. The van der Waals surface area contributed by atoms with Gasteiger partial charge in [-0.05, 0) is 42.4 Å². The molecule has 0 aliphatic heterocycles. The van der Waals surface area contributed by atoms with Gasteiger partial charge < -0.3 is 4.74 Å². The van der Waals surface area contributed by atoms with Gasteiger partial charge in [-0.25, -0.2) is 13.2 Å². The van der Waals surface area contributed by atoms with Crippen LogP contribution in [0.25, 0.3) is 0 Å². The number of alkyl halides is 2. The second-order valence-corrected chi connectivity index (χ2v) is 6.83. The molecule has 7 heteroatoms. The van der Waals surface area contributed by atoms with Crippen molar-refractivity contribution in [2.75, 3.05) is 0 Å². The van der Waals surface area contributed by atoms with Gasteiger partial charge >= 0.3 is 6.11 Å². The van der Waals surface area contributed by atoms with Gasteiger partial charge in [-0.1, -0.05) is 38.0 Å². The third kappa shape index (κ3) is 5.51. The Kier molecular flexibility index (Phi) is 7.42. The van der Waals surface area contributed by atoms with E-state index in [1.165, 1.54) is 6.07 Å². The Labute approximate surface area is 180 Å². The largest absolute Gasteiger partial charge is 0.455 e. The second kappa shape index (κ2) is 9.00. The smallest absolute Gasteiger partial charge is 0.427 e. The van der Waals surface area contributed by atoms with Crippen LogP contribution in [-0.2, 0) is 38.8 Å². The fourth-order valence-electron chi connectivity index (χ4n) is 3.35. The van der Waals surface area contributed by atoms with Crippen molar-refractivity contribution in [1.82, 2.24) is 0 Å². The number of halogens is 5. The molecule has 0 N–H and O–H groups in total. The molecule has 0 aromatic heterocycles. The molecule has 0 atom stereocenters. The van der Waals surface area contributed by atoms with E-state index in [1.54, 1.807) is 6.07 Å². The van der Waals surface area contributed by atoms with Gasteiger partial charge in [0.15, 0.2) is 0 Å². The van der Waals surface area contributed by atoms with Gasteiger partial charge in [0.2, 0.25) is 0 Å². The van der Waals surface area contributed by atoms with Gasteiger partial charge in [-0.3, -0.25) is 0 Å². The van der Waals surface area contributed by atoms with Crippen LogP contribution in [0, 0.1) is 29.4 Å². The van der Waals surface area contributed by atoms with E-state index in [-0.39, 0.29) is 38.6 Å². The molecular formula is C20H18F5OY-. The first-order valence-corrected chi connectivity index (χ1v) is 8.49.